The monoisotopic (exact) mass is 281 g/mol. The second kappa shape index (κ2) is 8.42. The van der Waals surface area contributed by atoms with Gasteiger partial charge in [0.05, 0.1) is 18.3 Å². The van der Waals surface area contributed by atoms with Crippen LogP contribution in [-0.2, 0) is 17.6 Å². The molecular formula is C16H31N3O. The Morgan fingerprint density at radius 3 is 2.35 bits per heavy atom. The second-order valence-electron chi connectivity index (χ2n) is 5.28. The number of aryl methyl sites for hydroxylation is 1. The van der Waals surface area contributed by atoms with E-state index in [0.29, 0.717) is 12.6 Å². The van der Waals surface area contributed by atoms with Crippen molar-refractivity contribution in [1.82, 2.24) is 15.1 Å². The van der Waals surface area contributed by atoms with Gasteiger partial charge in [-0.1, -0.05) is 27.7 Å². The van der Waals surface area contributed by atoms with Crippen LogP contribution >= 0.6 is 0 Å². The van der Waals surface area contributed by atoms with E-state index in [2.05, 4.69) is 44.6 Å². The van der Waals surface area contributed by atoms with Crippen molar-refractivity contribution in [3.05, 3.63) is 17.0 Å². The first-order valence-corrected chi connectivity index (χ1v) is 7.96. The number of nitrogens with zero attached hydrogens (tertiary/aromatic N) is 2. The minimum Gasteiger partial charge on any atom is -0.382 e. The van der Waals surface area contributed by atoms with E-state index < -0.39 is 0 Å². The maximum Gasteiger partial charge on any atom is 0.0727 e. The van der Waals surface area contributed by atoms with Crippen LogP contribution in [0.3, 0.4) is 0 Å². The number of rotatable bonds is 9. The fourth-order valence-electron chi connectivity index (χ4n) is 2.92. The molecule has 0 bridgehead atoms. The quantitative estimate of drug-likeness (QED) is 0.755. The van der Waals surface area contributed by atoms with Crippen molar-refractivity contribution < 1.29 is 4.74 Å². The molecular weight excluding hydrogens is 250 g/mol. The minimum atomic E-state index is 0.285. The van der Waals surface area contributed by atoms with Gasteiger partial charge in [0.15, 0.2) is 0 Å². The van der Waals surface area contributed by atoms with E-state index >= 15 is 0 Å². The van der Waals surface area contributed by atoms with Crippen molar-refractivity contribution in [3.8, 4) is 0 Å². The van der Waals surface area contributed by atoms with Gasteiger partial charge in [0.1, 0.15) is 0 Å². The number of methoxy groups -OCH3 is 1. The molecule has 1 rings (SSSR count). The highest BCUT2D eigenvalue weighted by atomic mass is 16.5. The summed E-state index contributed by atoms with van der Waals surface area (Å²) >= 11 is 0. The van der Waals surface area contributed by atoms with Crippen LogP contribution in [0, 0.1) is 0 Å². The molecule has 0 aromatic carbocycles. The summed E-state index contributed by atoms with van der Waals surface area (Å²) in [5.41, 5.74) is 4.01. The number of hydrogen-bond acceptors (Lipinski definition) is 3. The lowest BCUT2D eigenvalue weighted by molar-refractivity contribution is 0.155. The second-order valence-corrected chi connectivity index (χ2v) is 5.28. The van der Waals surface area contributed by atoms with E-state index in [9.17, 15) is 0 Å². The van der Waals surface area contributed by atoms with Crippen LogP contribution in [0.15, 0.2) is 0 Å². The standard InChI is InChI=1S/C16H31N3O/c1-7-13(17-10-4)16-14(8-2)18-19(15(16)9-3)12(5)11-20-6/h12-13,17H,7-11H2,1-6H3. The molecule has 4 heteroatoms. The van der Waals surface area contributed by atoms with E-state index in [1.54, 1.807) is 7.11 Å². The molecule has 4 nitrogen and oxygen atoms in total. The fourth-order valence-corrected chi connectivity index (χ4v) is 2.92. The topological polar surface area (TPSA) is 39.1 Å². The van der Waals surface area contributed by atoms with Crippen LogP contribution in [-0.4, -0.2) is 30.0 Å². The molecule has 20 heavy (non-hydrogen) atoms. The predicted octanol–water partition coefficient (Wildman–Crippen LogP) is 3.28. The third-order valence-electron chi connectivity index (χ3n) is 3.83. The Bertz CT molecular complexity index is 401. The zero-order chi connectivity index (χ0) is 15.1. The molecule has 1 N–H and O–H groups in total. The zero-order valence-corrected chi connectivity index (χ0v) is 14.0. The molecule has 0 aliphatic rings. The van der Waals surface area contributed by atoms with Crippen LogP contribution in [0.5, 0.6) is 0 Å². The minimum absolute atomic E-state index is 0.285. The van der Waals surface area contributed by atoms with Crippen molar-refractivity contribution >= 4 is 0 Å². The molecule has 0 fully saturated rings. The van der Waals surface area contributed by atoms with Gasteiger partial charge in [-0.15, -0.1) is 0 Å². The summed E-state index contributed by atoms with van der Waals surface area (Å²) in [6, 6.07) is 0.696. The predicted molar refractivity (Wildman–Crippen MR) is 84.3 cm³/mol. The average Bonchev–Trinajstić information content (AvgIpc) is 2.83. The zero-order valence-electron chi connectivity index (χ0n) is 14.0. The number of ether oxygens (including phenoxy) is 1. The summed E-state index contributed by atoms with van der Waals surface area (Å²) in [5.74, 6) is 0. The third kappa shape index (κ3) is 3.61. The first kappa shape index (κ1) is 17.2. The van der Waals surface area contributed by atoms with Gasteiger partial charge in [-0.25, -0.2) is 0 Å². The highest BCUT2D eigenvalue weighted by Gasteiger charge is 2.23. The van der Waals surface area contributed by atoms with E-state index in [1.807, 2.05) is 0 Å². The average molecular weight is 281 g/mol. The molecule has 0 amide bonds. The normalized spacial score (nSPS) is 14.5. The highest BCUT2D eigenvalue weighted by molar-refractivity contribution is 5.31. The summed E-state index contributed by atoms with van der Waals surface area (Å²) in [6.07, 6.45) is 3.09. The molecule has 2 unspecified atom stereocenters. The maximum absolute atomic E-state index is 5.30. The first-order chi connectivity index (χ1) is 9.64. The molecule has 1 heterocycles. The van der Waals surface area contributed by atoms with Crippen LogP contribution in [0.1, 0.15) is 70.1 Å². The fraction of sp³-hybridized carbons (Fsp3) is 0.812. The van der Waals surface area contributed by atoms with Crippen molar-refractivity contribution in [2.75, 3.05) is 20.3 Å². The number of hydrogen-bond donors (Lipinski definition) is 1. The highest BCUT2D eigenvalue weighted by Crippen LogP contribution is 2.28. The van der Waals surface area contributed by atoms with Crippen molar-refractivity contribution in [3.63, 3.8) is 0 Å². The molecule has 1 aromatic heterocycles. The maximum atomic E-state index is 5.30. The Labute approximate surface area is 123 Å². The van der Waals surface area contributed by atoms with E-state index in [-0.39, 0.29) is 6.04 Å². The molecule has 2 atom stereocenters. The van der Waals surface area contributed by atoms with E-state index in [4.69, 9.17) is 9.84 Å². The summed E-state index contributed by atoms with van der Waals surface area (Å²) in [4.78, 5) is 0. The van der Waals surface area contributed by atoms with Crippen LogP contribution in [0.2, 0.25) is 0 Å². The molecule has 1 aromatic rings. The van der Waals surface area contributed by atoms with Gasteiger partial charge in [0, 0.05) is 24.4 Å². The van der Waals surface area contributed by atoms with Gasteiger partial charge in [-0.2, -0.15) is 5.10 Å². The van der Waals surface area contributed by atoms with Crippen molar-refractivity contribution in [1.29, 1.82) is 0 Å². The van der Waals surface area contributed by atoms with Crippen LogP contribution in [0.4, 0.5) is 0 Å². The molecule has 116 valence electrons. The smallest absolute Gasteiger partial charge is 0.0727 e. The summed E-state index contributed by atoms with van der Waals surface area (Å²) in [5, 5.41) is 8.46. The van der Waals surface area contributed by atoms with Crippen molar-refractivity contribution in [2.24, 2.45) is 0 Å². The van der Waals surface area contributed by atoms with Gasteiger partial charge in [0.2, 0.25) is 0 Å². The number of aromatic nitrogens is 2. The Balaban J connectivity index is 3.26. The van der Waals surface area contributed by atoms with E-state index in [0.717, 1.165) is 25.8 Å². The lowest BCUT2D eigenvalue weighted by atomic mass is 9.99. The summed E-state index contributed by atoms with van der Waals surface area (Å²) in [7, 11) is 1.75. The molecule has 0 saturated carbocycles. The molecule has 0 spiro atoms. The Hall–Kier alpha value is -0.870. The van der Waals surface area contributed by atoms with Gasteiger partial charge in [0.25, 0.3) is 0 Å². The van der Waals surface area contributed by atoms with Crippen molar-refractivity contribution in [2.45, 2.75) is 66.0 Å². The molecule has 0 aliphatic heterocycles. The molecule has 0 aliphatic carbocycles. The van der Waals surface area contributed by atoms with Gasteiger partial charge < -0.3 is 10.1 Å². The first-order valence-electron chi connectivity index (χ1n) is 7.96. The van der Waals surface area contributed by atoms with E-state index in [1.165, 1.54) is 17.0 Å². The Morgan fingerprint density at radius 2 is 1.90 bits per heavy atom. The van der Waals surface area contributed by atoms with Gasteiger partial charge in [-0.3, -0.25) is 4.68 Å². The Morgan fingerprint density at radius 1 is 1.20 bits per heavy atom. The lowest BCUT2D eigenvalue weighted by Gasteiger charge is -2.19. The summed E-state index contributed by atoms with van der Waals surface area (Å²) < 4.78 is 7.48. The molecule has 0 radical (unpaired) electrons. The van der Waals surface area contributed by atoms with Crippen LogP contribution in [0.25, 0.3) is 0 Å². The van der Waals surface area contributed by atoms with Gasteiger partial charge >= 0.3 is 0 Å². The SMILES string of the molecule is CCNC(CC)c1c(CC)nn(C(C)COC)c1CC. The van der Waals surface area contributed by atoms with Crippen LogP contribution < -0.4 is 5.32 Å². The largest absolute Gasteiger partial charge is 0.382 e. The Kier molecular flexibility index (Phi) is 7.24. The lowest BCUT2D eigenvalue weighted by Crippen LogP contribution is -2.22. The molecule has 0 saturated heterocycles. The third-order valence-corrected chi connectivity index (χ3v) is 3.83. The van der Waals surface area contributed by atoms with Gasteiger partial charge in [-0.05, 0) is 32.7 Å². The summed E-state index contributed by atoms with van der Waals surface area (Å²) in [6.45, 7) is 12.7. The number of nitrogens with one attached hydrogen (secondary N) is 1.